The molecule has 1 aliphatic heterocycles. The normalized spacial score (nSPS) is 41.3. The first-order valence-corrected chi connectivity index (χ1v) is 4.55. The van der Waals surface area contributed by atoms with Gasteiger partial charge in [-0.2, -0.15) is 0 Å². The molecule has 0 saturated carbocycles. The highest BCUT2D eigenvalue weighted by atomic mass is 16.6. The molecule has 88 valence electrons. The average molecular weight is 221 g/mol. The van der Waals surface area contributed by atoms with Crippen molar-refractivity contribution in [3.05, 3.63) is 0 Å². The number of hydrogen-bond acceptors (Lipinski definition) is 6. The van der Waals surface area contributed by atoms with E-state index in [1.165, 1.54) is 6.92 Å². The summed E-state index contributed by atoms with van der Waals surface area (Å²) < 4.78 is 4.81. The summed E-state index contributed by atoms with van der Waals surface area (Å²) in [5.74, 6) is -0.462. The van der Waals surface area contributed by atoms with E-state index in [0.29, 0.717) is 0 Å². The van der Waals surface area contributed by atoms with Gasteiger partial charge in [-0.25, -0.2) is 0 Å². The number of aliphatic hydroxyl groups excluding tert-OH is 4. The Morgan fingerprint density at radius 3 is 2.40 bits per heavy atom. The van der Waals surface area contributed by atoms with Crippen molar-refractivity contribution in [2.24, 2.45) is 0 Å². The Labute approximate surface area is 86.3 Å². The van der Waals surface area contributed by atoms with Gasteiger partial charge in [0.25, 0.3) is 0 Å². The molecule has 0 aromatic rings. The number of carbonyl (C=O) groups is 1. The van der Waals surface area contributed by atoms with E-state index < -0.39 is 43.2 Å². The van der Waals surface area contributed by atoms with Crippen LogP contribution in [0.3, 0.4) is 0 Å². The van der Waals surface area contributed by atoms with E-state index in [0.717, 1.165) is 0 Å². The Morgan fingerprint density at radius 2 is 1.93 bits per heavy atom. The monoisotopic (exact) mass is 221 g/mol. The number of aliphatic hydroxyl groups is 4. The fourth-order valence-corrected chi connectivity index (χ4v) is 1.49. The number of ether oxygens (including phenoxy) is 1. The fourth-order valence-electron chi connectivity index (χ4n) is 1.49. The molecule has 5 atom stereocenters. The van der Waals surface area contributed by atoms with Gasteiger partial charge in [0.05, 0.1) is 6.61 Å². The van der Waals surface area contributed by atoms with Crippen LogP contribution in [-0.4, -0.2) is 63.6 Å². The largest absolute Gasteiger partial charge is 0.394 e. The highest BCUT2D eigenvalue weighted by molar-refractivity contribution is 5.73. The van der Waals surface area contributed by atoms with Gasteiger partial charge in [0, 0.05) is 6.92 Å². The molecule has 0 aromatic carbocycles. The van der Waals surface area contributed by atoms with Gasteiger partial charge in [0.1, 0.15) is 24.4 Å². The molecule has 1 heterocycles. The van der Waals surface area contributed by atoms with Crippen LogP contribution in [0.15, 0.2) is 0 Å². The zero-order valence-electron chi connectivity index (χ0n) is 8.20. The van der Waals surface area contributed by atoms with Crippen molar-refractivity contribution in [1.29, 1.82) is 0 Å². The number of amides is 1. The zero-order chi connectivity index (χ0) is 11.6. The van der Waals surface area contributed by atoms with Crippen molar-refractivity contribution < 1.29 is 30.0 Å². The minimum Gasteiger partial charge on any atom is -0.394 e. The summed E-state index contributed by atoms with van der Waals surface area (Å²) in [6, 6.07) is -1.10. The van der Waals surface area contributed by atoms with Crippen LogP contribution in [-0.2, 0) is 9.53 Å². The molecule has 7 heteroatoms. The molecule has 0 aliphatic carbocycles. The summed E-state index contributed by atoms with van der Waals surface area (Å²) in [5.41, 5.74) is 0. The molecule has 1 saturated heterocycles. The number of rotatable bonds is 2. The molecule has 0 aromatic heterocycles. The van der Waals surface area contributed by atoms with Crippen LogP contribution in [0.1, 0.15) is 6.92 Å². The second-order valence-electron chi connectivity index (χ2n) is 3.46. The molecule has 15 heavy (non-hydrogen) atoms. The van der Waals surface area contributed by atoms with Crippen molar-refractivity contribution in [3.8, 4) is 0 Å². The van der Waals surface area contributed by atoms with E-state index in [1.807, 2.05) is 0 Å². The van der Waals surface area contributed by atoms with Crippen LogP contribution in [0, 0.1) is 0 Å². The van der Waals surface area contributed by atoms with E-state index in [4.69, 9.17) is 9.84 Å². The van der Waals surface area contributed by atoms with Crippen LogP contribution < -0.4 is 5.32 Å². The maximum Gasteiger partial charge on any atom is 0.217 e. The highest BCUT2D eigenvalue weighted by Gasteiger charge is 2.43. The number of nitrogens with one attached hydrogen (secondary N) is 1. The lowest BCUT2D eigenvalue weighted by Crippen LogP contribution is -2.63. The molecular weight excluding hydrogens is 206 g/mol. The summed E-state index contributed by atoms with van der Waals surface area (Å²) in [6.45, 7) is 0.687. The van der Waals surface area contributed by atoms with E-state index >= 15 is 0 Å². The van der Waals surface area contributed by atoms with Gasteiger partial charge in [0.15, 0.2) is 6.29 Å². The highest BCUT2D eigenvalue weighted by Crippen LogP contribution is 2.19. The SMILES string of the molecule is CC(=O)N[C@H]1[C@H](O)[C@H](O)[C@H](CO)O[C@@H]1O. The molecule has 1 amide bonds. The van der Waals surface area contributed by atoms with Crippen molar-refractivity contribution in [3.63, 3.8) is 0 Å². The maximum absolute atomic E-state index is 10.7. The first kappa shape index (κ1) is 12.3. The molecule has 1 fully saturated rings. The second kappa shape index (κ2) is 4.86. The predicted octanol–water partition coefficient (Wildman–Crippen LogP) is -3.08. The molecule has 0 unspecified atom stereocenters. The Hall–Kier alpha value is -0.730. The maximum atomic E-state index is 10.7. The Morgan fingerprint density at radius 1 is 1.33 bits per heavy atom. The van der Waals surface area contributed by atoms with Gasteiger partial charge in [-0.15, -0.1) is 0 Å². The number of carbonyl (C=O) groups excluding carboxylic acids is 1. The van der Waals surface area contributed by atoms with Crippen molar-refractivity contribution >= 4 is 5.91 Å². The molecule has 1 rings (SSSR count). The van der Waals surface area contributed by atoms with Gasteiger partial charge in [-0.1, -0.05) is 0 Å². The van der Waals surface area contributed by atoms with E-state index in [2.05, 4.69) is 5.32 Å². The fraction of sp³-hybridized carbons (Fsp3) is 0.875. The van der Waals surface area contributed by atoms with Gasteiger partial charge >= 0.3 is 0 Å². The third kappa shape index (κ3) is 2.64. The van der Waals surface area contributed by atoms with Crippen molar-refractivity contribution in [2.75, 3.05) is 6.61 Å². The summed E-state index contributed by atoms with van der Waals surface area (Å²) >= 11 is 0. The van der Waals surface area contributed by atoms with E-state index in [9.17, 15) is 20.1 Å². The van der Waals surface area contributed by atoms with Gasteiger partial charge in [-0.05, 0) is 0 Å². The van der Waals surface area contributed by atoms with Crippen LogP contribution >= 0.6 is 0 Å². The molecule has 0 spiro atoms. The third-order valence-electron chi connectivity index (χ3n) is 2.27. The molecule has 7 nitrogen and oxygen atoms in total. The summed E-state index contributed by atoms with van der Waals surface area (Å²) in [4.78, 5) is 10.7. The topological polar surface area (TPSA) is 119 Å². The molecule has 1 aliphatic rings. The Bertz CT molecular complexity index is 235. The minimum absolute atomic E-state index is 0.462. The minimum atomic E-state index is -1.45. The van der Waals surface area contributed by atoms with Crippen LogP contribution in [0.2, 0.25) is 0 Å². The smallest absolute Gasteiger partial charge is 0.217 e. The second-order valence-corrected chi connectivity index (χ2v) is 3.46. The summed E-state index contributed by atoms with van der Waals surface area (Å²) in [7, 11) is 0. The van der Waals surface area contributed by atoms with Gasteiger partial charge in [0.2, 0.25) is 5.91 Å². The van der Waals surface area contributed by atoms with Gasteiger partial charge < -0.3 is 30.5 Å². The van der Waals surface area contributed by atoms with Gasteiger partial charge in [-0.3, -0.25) is 4.79 Å². The average Bonchev–Trinajstić information content (AvgIpc) is 2.18. The van der Waals surface area contributed by atoms with Crippen LogP contribution in [0.5, 0.6) is 0 Å². The predicted molar refractivity (Wildman–Crippen MR) is 47.6 cm³/mol. The number of hydrogen-bond donors (Lipinski definition) is 5. The van der Waals surface area contributed by atoms with Crippen LogP contribution in [0.25, 0.3) is 0 Å². The Balaban J connectivity index is 2.70. The summed E-state index contributed by atoms with van der Waals surface area (Å²) in [5, 5.41) is 39.4. The standard InChI is InChI=1S/C8H15NO6/c1-3(11)9-5-7(13)6(12)4(2-10)15-8(5)14/h4-8,10,12-14H,2H2,1H3,(H,9,11)/t4-,5-,6+,7-,8-/m0/s1. The lowest BCUT2D eigenvalue weighted by Gasteiger charge is -2.40. The quantitative estimate of drug-likeness (QED) is 0.337. The van der Waals surface area contributed by atoms with E-state index in [-0.39, 0.29) is 0 Å². The molecule has 0 radical (unpaired) electrons. The van der Waals surface area contributed by atoms with Crippen molar-refractivity contribution in [2.45, 2.75) is 37.6 Å². The lowest BCUT2D eigenvalue weighted by molar-refractivity contribution is -0.253. The first-order chi connectivity index (χ1) is 6.97. The van der Waals surface area contributed by atoms with Crippen molar-refractivity contribution in [1.82, 2.24) is 5.32 Å². The van der Waals surface area contributed by atoms with E-state index in [1.54, 1.807) is 0 Å². The lowest BCUT2D eigenvalue weighted by atomic mass is 9.97. The molecule has 5 N–H and O–H groups in total. The zero-order valence-corrected chi connectivity index (χ0v) is 8.20. The Kier molecular flexibility index (Phi) is 4.00. The first-order valence-electron chi connectivity index (χ1n) is 4.55. The molecular formula is C8H15NO6. The van der Waals surface area contributed by atoms with Crippen LogP contribution in [0.4, 0.5) is 0 Å². The molecule has 0 bridgehead atoms. The third-order valence-corrected chi connectivity index (χ3v) is 2.27. The summed E-state index contributed by atoms with van der Waals surface area (Å²) in [6.07, 6.45) is -5.24.